The summed E-state index contributed by atoms with van der Waals surface area (Å²) in [5.74, 6) is -0.495. The van der Waals surface area contributed by atoms with Crippen LogP contribution in [0.2, 0.25) is 0 Å². The molecule has 0 spiro atoms. The van der Waals surface area contributed by atoms with E-state index in [-0.39, 0.29) is 6.42 Å². The molecule has 2 nitrogen and oxygen atoms in total. The van der Waals surface area contributed by atoms with Gasteiger partial charge in [-0.25, -0.2) is 9.18 Å². The molecule has 1 unspecified atom stereocenters. The molecule has 0 saturated carbocycles. The lowest BCUT2D eigenvalue weighted by molar-refractivity contribution is -0.153. The number of hydrogen-bond donors (Lipinski definition) is 0. The number of esters is 1. The molecule has 1 atom stereocenters. The van der Waals surface area contributed by atoms with Crippen molar-refractivity contribution >= 4 is 5.97 Å². The summed E-state index contributed by atoms with van der Waals surface area (Å²) in [5, 5.41) is 0. The highest BCUT2D eigenvalue weighted by atomic mass is 19.1. The highest BCUT2D eigenvalue weighted by Gasteiger charge is 2.16. The van der Waals surface area contributed by atoms with Gasteiger partial charge < -0.3 is 4.74 Å². The molecule has 88 valence electrons. The van der Waals surface area contributed by atoms with Gasteiger partial charge in [0.1, 0.15) is 0 Å². The molecule has 0 aliphatic rings. The largest absolute Gasteiger partial charge is 0.428 e. The van der Waals surface area contributed by atoms with Gasteiger partial charge in [0.25, 0.3) is 0 Å². The predicted octanol–water partition coefficient (Wildman–Crippen LogP) is 3.76. The summed E-state index contributed by atoms with van der Waals surface area (Å²) in [4.78, 5) is 11.6. The highest BCUT2D eigenvalue weighted by Crippen LogP contribution is 2.18. The monoisotopic (exact) mass is 216 g/mol. The number of rotatable bonds is 6. The van der Waals surface area contributed by atoms with Gasteiger partial charge in [-0.3, -0.25) is 0 Å². The summed E-state index contributed by atoms with van der Waals surface area (Å²) >= 11 is 0. The van der Waals surface area contributed by atoms with Crippen LogP contribution in [-0.2, 0) is 9.53 Å². The normalized spacial score (nSPS) is 12.1. The van der Waals surface area contributed by atoms with Crippen molar-refractivity contribution in [3.8, 4) is 0 Å². The molecule has 0 fully saturated rings. The van der Waals surface area contributed by atoms with Crippen LogP contribution in [0.25, 0.3) is 0 Å². The minimum atomic E-state index is -1.48. The Bertz CT molecular complexity index is 228. The van der Waals surface area contributed by atoms with Crippen molar-refractivity contribution in [1.29, 1.82) is 0 Å². The van der Waals surface area contributed by atoms with Crippen LogP contribution in [0, 0.1) is 0 Å². The third-order valence-corrected chi connectivity index (χ3v) is 2.44. The van der Waals surface area contributed by atoms with Gasteiger partial charge in [0.2, 0.25) is 6.36 Å². The molecule has 0 bridgehead atoms. The molecule has 0 rings (SSSR count). The molecule has 0 radical (unpaired) electrons. The van der Waals surface area contributed by atoms with Crippen LogP contribution in [0.3, 0.4) is 0 Å². The van der Waals surface area contributed by atoms with E-state index in [2.05, 4.69) is 4.74 Å². The van der Waals surface area contributed by atoms with Gasteiger partial charge in [0.15, 0.2) is 0 Å². The number of hydrogen-bond acceptors (Lipinski definition) is 2. The second-order valence-corrected chi connectivity index (χ2v) is 3.37. The minimum absolute atomic E-state index is 0.205. The van der Waals surface area contributed by atoms with Crippen LogP contribution in [0.4, 0.5) is 4.39 Å². The first-order valence-corrected chi connectivity index (χ1v) is 5.66. The maximum atomic E-state index is 12.9. The number of carbonyl (C=O) groups excluding carboxylic acids is 1. The van der Waals surface area contributed by atoms with Gasteiger partial charge in [0, 0.05) is 12.0 Å². The molecular formula is C12H21FO2. The van der Waals surface area contributed by atoms with Crippen LogP contribution in [0.15, 0.2) is 11.1 Å². The Balaban J connectivity index is 4.66. The Morgan fingerprint density at radius 2 is 1.67 bits per heavy atom. The average molecular weight is 216 g/mol. The third kappa shape index (κ3) is 4.45. The molecule has 0 aliphatic carbocycles. The van der Waals surface area contributed by atoms with Crippen molar-refractivity contribution in [2.45, 2.75) is 59.7 Å². The van der Waals surface area contributed by atoms with Gasteiger partial charge >= 0.3 is 5.97 Å². The quantitative estimate of drug-likeness (QED) is 0.499. The fraction of sp³-hybridized carbons (Fsp3) is 0.750. The lowest BCUT2D eigenvalue weighted by Crippen LogP contribution is -2.15. The molecule has 3 heteroatoms. The standard InChI is InChI=1S/C12H21FO2/c1-5-9(6-2)10(7-3)12(14)15-11(13)8-4/h11H,5-8H2,1-4H3. The molecule has 15 heavy (non-hydrogen) atoms. The van der Waals surface area contributed by atoms with E-state index in [0.29, 0.717) is 12.0 Å². The van der Waals surface area contributed by atoms with Gasteiger partial charge in [-0.1, -0.05) is 33.3 Å². The molecule has 0 aromatic carbocycles. The second-order valence-electron chi connectivity index (χ2n) is 3.37. The van der Waals surface area contributed by atoms with Crippen molar-refractivity contribution in [1.82, 2.24) is 0 Å². The van der Waals surface area contributed by atoms with Crippen LogP contribution in [0.5, 0.6) is 0 Å². The molecule has 0 aromatic heterocycles. The fourth-order valence-electron chi connectivity index (χ4n) is 1.49. The van der Waals surface area contributed by atoms with Crippen LogP contribution in [0.1, 0.15) is 53.4 Å². The first-order chi connectivity index (χ1) is 7.10. The molecular weight excluding hydrogens is 195 g/mol. The fourth-order valence-corrected chi connectivity index (χ4v) is 1.49. The number of alkyl halides is 1. The van der Waals surface area contributed by atoms with E-state index in [1.807, 2.05) is 20.8 Å². The molecule has 0 N–H and O–H groups in total. The predicted molar refractivity (Wildman–Crippen MR) is 59.2 cm³/mol. The number of carbonyl (C=O) groups is 1. The topological polar surface area (TPSA) is 26.3 Å². The zero-order chi connectivity index (χ0) is 11.8. The summed E-state index contributed by atoms with van der Waals surface area (Å²) < 4.78 is 17.6. The first-order valence-electron chi connectivity index (χ1n) is 5.66. The molecule has 0 saturated heterocycles. The smallest absolute Gasteiger partial charge is 0.336 e. The van der Waals surface area contributed by atoms with E-state index >= 15 is 0 Å². The molecule has 0 aromatic rings. The van der Waals surface area contributed by atoms with Crippen molar-refractivity contribution in [2.24, 2.45) is 0 Å². The summed E-state index contributed by atoms with van der Waals surface area (Å²) in [6.07, 6.45) is 0.965. The van der Waals surface area contributed by atoms with Crippen molar-refractivity contribution in [3.05, 3.63) is 11.1 Å². The van der Waals surface area contributed by atoms with Crippen LogP contribution < -0.4 is 0 Å². The SMILES string of the molecule is CCC(CC)=C(CC)C(=O)OC(F)CC. The van der Waals surface area contributed by atoms with E-state index in [4.69, 9.17) is 0 Å². The van der Waals surface area contributed by atoms with Gasteiger partial charge in [-0.2, -0.15) is 0 Å². The van der Waals surface area contributed by atoms with Gasteiger partial charge in [-0.15, -0.1) is 0 Å². The van der Waals surface area contributed by atoms with Crippen molar-refractivity contribution < 1.29 is 13.9 Å². The molecule has 0 amide bonds. The van der Waals surface area contributed by atoms with Crippen LogP contribution >= 0.6 is 0 Å². The third-order valence-electron chi connectivity index (χ3n) is 2.44. The van der Waals surface area contributed by atoms with Crippen LogP contribution in [-0.4, -0.2) is 12.3 Å². The Morgan fingerprint density at radius 1 is 1.13 bits per heavy atom. The van der Waals surface area contributed by atoms with E-state index in [0.717, 1.165) is 18.4 Å². The highest BCUT2D eigenvalue weighted by molar-refractivity contribution is 5.89. The lowest BCUT2D eigenvalue weighted by atomic mass is 10.0. The maximum Gasteiger partial charge on any atom is 0.336 e. The van der Waals surface area contributed by atoms with E-state index in [9.17, 15) is 9.18 Å². The van der Waals surface area contributed by atoms with Crippen molar-refractivity contribution in [3.63, 3.8) is 0 Å². The zero-order valence-electron chi connectivity index (χ0n) is 10.1. The van der Waals surface area contributed by atoms with E-state index in [1.54, 1.807) is 6.92 Å². The van der Waals surface area contributed by atoms with Gasteiger partial charge in [-0.05, 0) is 19.3 Å². The van der Waals surface area contributed by atoms with Crippen molar-refractivity contribution in [2.75, 3.05) is 0 Å². The van der Waals surface area contributed by atoms with Gasteiger partial charge in [0.05, 0.1) is 0 Å². The molecule has 0 aliphatic heterocycles. The average Bonchev–Trinajstić information content (AvgIpc) is 2.24. The minimum Gasteiger partial charge on any atom is -0.428 e. The Hall–Kier alpha value is -0.860. The zero-order valence-corrected chi connectivity index (χ0v) is 10.1. The summed E-state index contributed by atoms with van der Waals surface area (Å²) in [6.45, 7) is 7.53. The number of allylic oxidation sites excluding steroid dienone is 1. The summed E-state index contributed by atoms with van der Waals surface area (Å²) in [7, 11) is 0. The Morgan fingerprint density at radius 3 is 2.00 bits per heavy atom. The maximum absolute atomic E-state index is 12.9. The number of ether oxygens (including phenoxy) is 1. The summed E-state index contributed by atoms with van der Waals surface area (Å²) in [5.41, 5.74) is 1.70. The Kier molecular flexibility index (Phi) is 7.01. The number of halogens is 1. The second kappa shape index (κ2) is 7.43. The van der Waals surface area contributed by atoms with E-state index in [1.165, 1.54) is 0 Å². The summed E-state index contributed by atoms with van der Waals surface area (Å²) in [6, 6.07) is 0. The van der Waals surface area contributed by atoms with E-state index < -0.39 is 12.3 Å². The molecule has 0 heterocycles. The lowest BCUT2D eigenvalue weighted by Gasteiger charge is -2.12. The Labute approximate surface area is 91.5 Å². The first kappa shape index (κ1) is 14.1.